The summed E-state index contributed by atoms with van der Waals surface area (Å²) in [5.74, 6) is -0.439. The molecule has 10 heteroatoms. The van der Waals surface area contributed by atoms with Crippen LogP contribution in [0.25, 0.3) is 0 Å². The quantitative estimate of drug-likeness (QED) is 0.513. The minimum Gasteiger partial charge on any atom is -0.355 e. The van der Waals surface area contributed by atoms with Crippen LogP contribution < -0.4 is 9.50 Å². The largest absolute Gasteiger partial charge is 0.534 e. The van der Waals surface area contributed by atoms with Gasteiger partial charge in [-0.2, -0.15) is 21.6 Å². The third-order valence-corrected chi connectivity index (χ3v) is 6.42. The highest BCUT2D eigenvalue weighted by Crippen LogP contribution is 2.54. The van der Waals surface area contributed by atoms with Crippen LogP contribution in [0.3, 0.4) is 0 Å². The van der Waals surface area contributed by atoms with E-state index in [1.54, 1.807) is 24.3 Å². The molecule has 5 rings (SSSR count). The number of hydrogen-bond acceptors (Lipinski definition) is 5. The van der Waals surface area contributed by atoms with E-state index in [2.05, 4.69) is 14.5 Å². The van der Waals surface area contributed by atoms with Crippen LogP contribution >= 0.6 is 11.6 Å². The van der Waals surface area contributed by atoms with Gasteiger partial charge in [-0.15, -0.1) is 0 Å². The van der Waals surface area contributed by atoms with Crippen LogP contribution in [0.1, 0.15) is 48.6 Å². The lowest BCUT2D eigenvalue weighted by atomic mass is 9.67. The molecule has 0 unspecified atom stereocenters. The van der Waals surface area contributed by atoms with Crippen LogP contribution in [0, 0.1) is 0 Å². The lowest BCUT2D eigenvalue weighted by Crippen LogP contribution is -2.30. The van der Waals surface area contributed by atoms with Crippen LogP contribution in [-0.2, 0) is 10.1 Å². The van der Waals surface area contributed by atoms with Crippen molar-refractivity contribution in [2.24, 2.45) is 0 Å². The van der Waals surface area contributed by atoms with Gasteiger partial charge in [0, 0.05) is 16.3 Å². The molecule has 2 bridgehead atoms. The highest BCUT2D eigenvalue weighted by Gasteiger charge is 2.50. The van der Waals surface area contributed by atoms with Crippen molar-refractivity contribution in [3.8, 4) is 5.88 Å². The van der Waals surface area contributed by atoms with Crippen LogP contribution in [0.15, 0.2) is 30.5 Å². The standard InChI is InChI=1S/C18H16ClF3N2O3S/c19-12-2-1-3-13(8-12)24-14-9-23-17(27-28(25,26)18(20,21)22)16-11-6-4-10(5-7-11)15(14)16/h1-3,8-11,24H,4-7H2. The summed E-state index contributed by atoms with van der Waals surface area (Å²) in [4.78, 5) is 3.93. The number of pyridine rings is 1. The Hall–Kier alpha value is -2.00. The monoisotopic (exact) mass is 432 g/mol. The minimum absolute atomic E-state index is 0.0768. The molecule has 0 amide bonds. The topological polar surface area (TPSA) is 68.3 Å². The highest BCUT2D eigenvalue weighted by atomic mass is 35.5. The maximum Gasteiger partial charge on any atom is 0.534 e. The number of rotatable bonds is 4. The highest BCUT2D eigenvalue weighted by molar-refractivity contribution is 7.87. The van der Waals surface area contributed by atoms with E-state index in [1.165, 1.54) is 6.20 Å². The first-order valence-corrected chi connectivity index (χ1v) is 10.5. The fraction of sp³-hybridized carbons (Fsp3) is 0.389. The second-order valence-corrected chi connectivity index (χ2v) is 8.95. The van der Waals surface area contributed by atoms with Crippen molar-refractivity contribution in [3.63, 3.8) is 0 Å². The molecular formula is C18H16ClF3N2O3S. The van der Waals surface area contributed by atoms with Crippen LogP contribution in [0.4, 0.5) is 24.5 Å². The van der Waals surface area contributed by atoms with Gasteiger partial charge in [0.1, 0.15) is 0 Å². The second-order valence-electron chi connectivity index (χ2n) is 6.97. The maximum atomic E-state index is 12.8. The average Bonchev–Trinajstić information content (AvgIpc) is 2.63. The van der Waals surface area contributed by atoms with Crippen molar-refractivity contribution in [2.75, 3.05) is 5.32 Å². The normalized spacial score (nSPS) is 21.3. The first kappa shape index (κ1) is 19.3. The number of hydrogen-bond donors (Lipinski definition) is 1. The number of benzene rings is 1. The van der Waals surface area contributed by atoms with Crippen molar-refractivity contribution < 1.29 is 25.8 Å². The van der Waals surface area contributed by atoms with Crippen LogP contribution in [0.5, 0.6) is 5.88 Å². The minimum atomic E-state index is -5.78. The van der Waals surface area contributed by atoms with Gasteiger partial charge in [-0.05, 0) is 61.3 Å². The average molecular weight is 433 g/mol. The van der Waals surface area contributed by atoms with Gasteiger partial charge in [0.15, 0.2) is 0 Å². The van der Waals surface area contributed by atoms with Crippen molar-refractivity contribution in [2.45, 2.75) is 43.0 Å². The molecule has 1 N–H and O–H groups in total. The lowest BCUT2D eigenvalue weighted by molar-refractivity contribution is -0.0501. The number of nitrogens with zero attached hydrogens (tertiary/aromatic N) is 1. The maximum absolute atomic E-state index is 12.8. The molecule has 1 saturated carbocycles. The SMILES string of the molecule is O=S(=O)(Oc1ncc(Nc2cccc(Cl)c2)c2c1C1CCC2CC1)C(F)(F)F. The van der Waals surface area contributed by atoms with E-state index in [1.807, 2.05) is 0 Å². The van der Waals surface area contributed by atoms with E-state index in [0.29, 0.717) is 22.0 Å². The van der Waals surface area contributed by atoms with E-state index in [4.69, 9.17) is 11.6 Å². The molecule has 0 saturated heterocycles. The first-order chi connectivity index (χ1) is 13.2. The molecule has 3 aliphatic carbocycles. The number of halogens is 4. The van der Waals surface area contributed by atoms with Gasteiger partial charge < -0.3 is 9.50 Å². The number of aromatic nitrogens is 1. The molecule has 1 aromatic carbocycles. The van der Waals surface area contributed by atoms with Crippen LogP contribution in [0.2, 0.25) is 5.02 Å². The smallest absolute Gasteiger partial charge is 0.355 e. The Morgan fingerprint density at radius 3 is 2.36 bits per heavy atom. The van der Waals surface area contributed by atoms with Gasteiger partial charge in [-0.25, -0.2) is 4.98 Å². The van der Waals surface area contributed by atoms with Crippen molar-refractivity contribution in [1.29, 1.82) is 0 Å². The van der Waals surface area contributed by atoms with Gasteiger partial charge in [0.2, 0.25) is 5.88 Å². The van der Waals surface area contributed by atoms with E-state index in [0.717, 1.165) is 31.2 Å². The van der Waals surface area contributed by atoms with E-state index in [9.17, 15) is 21.6 Å². The van der Waals surface area contributed by atoms with Crippen LogP contribution in [-0.4, -0.2) is 18.9 Å². The van der Waals surface area contributed by atoms with Gasteiger partial charge in [0.05, 0.1) is 11.9 Å². The van der Waals surface area contributed by atoms with Crippen molar-refractivity contribution in [1.82, 2.24) is 4.98 Å². The van der Waals surface area contributed by atoms with Gasteiger partial charge in [-0.3, -0.25) is 0 Å². The molecule has 2 aromatic rings. The fourth-order valence-electron chi connectivity index (χ4n) is 4.07. The molecule has 0 radical (unpaired) electrons. The van der Waals surface area contributed by atoms with Gasteiger partial charge >= 0.3 is 15.6 Å². The molecule has 1 fully saturated rings. The predicted octanol–water partition coefficient (Wildman–Crippen LogP) is 5.46. The van der Waals surface area contributed by atoms with E-state index in [-0.39, 0.29) is 11.8 Å². The third-order valence-electron chi connectivity index (χ3n) is 5.24. The zero-order valence-electron chi connectivity index (χ0n) is 14.5. The predicted molar refractivity (Wildman–Crippen MR) is 98.5 cm³/mol. The molecule has 3 aliphatic rings. The number of fused-ring (bicyclic) bond motifs is 2. The summed E-state index contributed by atoms with van der Waals surface area (Å²) in [7, 11) is -5.78. The third kappa shape index (κ3) is 3.41. The summed E-state index contributed by atoms with van der Waals surface area (Å²) >= 11 is 6.01. The lowest BCUT2D eigenvalue weighted by Gasteiger charge is -2.39. The Morgan fingerprint density at radius 1 is 1.11 bits per heavy atom. The summed E-state index contributed by atoms with van der Waals surface area (Å²) in [6, 6.07) is 7.01. The van der Waals surface area contributed by atoms with E-state index < -0.39 is 21.5 Å². The molecule has 1 heterocycles. The van der Waals surface area contributed by atoms with Gasteiger partial charge in [0.25, 0.3) is 0 Å². The summed E-state index contributed by atoms with van der Waals surface area (Å²) in [5, 5.41) is 3.74. The molecule has 0 aliphatic heterocycles. The zero-order chi connectivity index (χ0) is 20.1. The number of anilines is 2. The Morgan fingerprint density at radius 2 is 1.75 bits per heavy atom. The summed E-state index contributed by atoms with van der Waals surface area (Å²) in [6.45, 7) is 0. The summed E-state index contributed by atoms with van der Waals surface area (Å²) < 4.78 is 65.8. The molecule has 28 heavy (non-hydrogen) atoms. The molecule has 0 atom stereocenters. The number of alkyl halides is 3. The Bertz CT molecular complexity index is 1020. The van der Waals surface area contributed by atoms with E-state index >= 15 is 0 Å². The fourth-order valence-corrected chi connectivity index (χ4v) is 4.69. The number of nitrogens with one attached hydrogen (secondary N) is 1. The summed E-state index contributed by atoms with van der Waals surface area (Å²) in [6.07, 6.45) is 4.63. The molecular weight excluding hydrogens is 417 g/mol. The Labute approximate surface area is 165 Å². The Balaban J connectivity index is 1.78. The second kappa shape index (κ2) is 6.81. The van der Waals surface area contributed by atoms with Gasteiger partial charge in [-0.1, -0.05) is 17.7 Å². The molecule has 0 spiro atoms. The molecule has 150 valence electrons. The molecule has 1 aromatic heterocycles. The summed E-state index contributed by atoms with van der Waals surface area (Å²) in [5.41, 5.74) is -2.93. The zero-order valence-corrected chi connectivity index (χ0v) is 16.0. The molecule has 5 nitrogen and oxygen atoms in total. The first-order valence-electron chi connectivity index (χ1n) is 8.72. The Kier molecular flexibility index (Phi) is 4.70. The van der Waals surface area contributed by atoms with Crippen molar-refractivity contribution in [3.05, 3.63) is 46.6 Å². The van der Waals surface area contributed by atoms with Crippen molar-refractivity contribution >= 4 is 33.1 Å².